The van der Waals surface area contributed by atoms with Gasteiger partial charge in [0.2, 0.25) is 0 Å². The first-order valence-corrected chi connectivity index (χ1v) is 6.47. The zero-order chi connectivity index (χ0) is 14.7. The molecule has 3 heteroatoms. The summed E-state index contributed by atoms with van der Waals surface area (Å²) in [7, 11) is 0. The second kappa shape index (κ2) is 6.00. The van der Waals surface area contributed by atoms with Gasteiger partial charge < -0.3 is 4.74 Å². The molecule has 0 aliphatic carbocycles. The standard InChI is InChI=1S/C16H22O3/c1-9(2)7-12(11(5)6)14-13(8-10(3)4)15(17)19-16(14)18/h7-8,13-14H,1-6H3/t13-,14+/m0/s1. The molecule has 1 fully saturated rings. The molecular weight excluding hydrogens is 240 g/mol. The fourth-order valence-electron chi connectivity index (χ4n) is 2.21. The van der Waals surface area contributed by atoms with E-state index in [4.69, 9.17) is 4.74 Å². The van der Waals surface area contributed by atoms with Crippen molar-refractivity contribution < 1.29 is 14.3 Å². The van der Waals surface area contributed by atoms with Crippen molar-refractivity contribution in [2.24, 2.45) is 11.8 Å². The number of carbonyl (C=O) groups excluding carboxylic acids is 2. The number of esters is 2. The molecule has 0 radical (unpaired) electrons. The summed E-state index contributed by atoms with van der Waals surface area (Å²) in [6, 6.07) is 0. The maximum absolute atomic E-state index is 12.0. The second-order valence-electron chi connectivity index (χ2n) is 5.66. The van der Waals surface area contributed by atoms with Crippen molar-refractivity contribution in [1.29, 1.82) is 0 Å². The molecule has 1 aliphatic rings. The fourth-order valence-corrected chi connectivity index (χ4v) is 2.21. The minimum Gasteiger partial charge on any atom is -0.392 e. The van der Waals surface area contributed by atoms with Crippen molar-refractivity contribution in [2.45, 2.75) is 41.5 Å². The van der Waals surface area contributed by atoms with Gasteiger partial charge in [0.1, 0.15) is 0 Å². The number of rotatable bonds is 3. The van der Waals surface area contributed by atoms with Crippen LogP contribution < -0.4 is 0 Å². The van der Waals surface area contributed by atoms with Gasteiger partial charge >= 0.3 is 11.9 Å². The lowest BCUT2D eigenvalue weighted by molar-refractivity contribution is -0.153. The Hall–Kier alpha value is -1.64. The maximum Gasteiger partial charge on any atom is 0.322 e. The van der Waals surface area contributed by atoms with E-state index >= 15 is 0 Å². The van der Waals surface area contributed by atoms with E-state index in [0.29, 0.717) is 0 Å². The molecule has 0 unspecified atom stereocenters. The van der Waals surface area contributed by atoms with Gasteiger partial charge in [0.25, 0.3) is 0 Å². The summed E-state index contributed by atoms with van der Waals surface area (Å²) in [6.07, 6.45) is 3.78. The van der Waals surface area contributed by atoms with E-state index in [-0.39, 0.29) is 0 Å². The third-order valence-electron chi connectivity index (χ3n) is 2.96. The number of hydrogen-bond acceptors (Lipinski definition) is 3. The van der Waals surface area contributed by atoms with Gasteiger partial charge in [-0.15, -0.1) is 0 Å². The number of carbonyl (C=O) groups is 2. The van der Waals surface area contributed by atoms with E-state index < -0.39 is 23.8 Å². The Morgan fingerprint density at radius 2 is 1.53 bits per heavy atom. The largest absolute Gasteiger partial charge is 0.392 e. The lowest BCUT2D eigenvalue weighted by Gasteiger charge is -2.15. The van der Waals surface area contributed by atoms with Crippen molar-refractivity contribution in [3.8, 4) is 0 Å². The van der Waals surface area contributed by atoms with Crippen LogP contribution in [0.4, 0.5) is 0 Å². The first kappa shape index (κ1) is 15.4. The third kappa shape index (κ3) is 3.66. The second-order valence-corrected chi connectivity index (χ2v) is 5.66. The molecule has 0 aromatic rings. The molecule has 0 saturated carbocycles. The van der Waals surface area contributed by atoms with Gasteiger partial charge in [-0.05, 0) is 47.1 Å². The first-order chi connectivity index (χ1) is 8.73. The van der Waals surface area contributed by atoms with Gasteiger partial charge in [-0.2, -0.15) is 0 Å². The molecular formula is C16H22O3. The van der Waals surface area contributed by atoms with E-state index in [1.807, 2.05) is 53.7 Å². The van der Waals surface area contributed by atoms with Crippen LogP contribution in [0.5, 0.6) is 0 Å². The predicted molar refractivity (Wildman–Crippen MR) is 75.3 cm³/mol. The third-order valence-corrected chi connectivity index (χ3v) is 2.96. The molecule has 0 amide bonds. The van der Waals surface area contributed by atoms with E-state index in [9.17, 15) is 9.59 Å². The quantitative estimate of drug-likeness (QED) is 0.338. The van der Waals surface area contributed by atoms with Gasteiger partial charge in [0.15, 0.2) is 0 Å². The van der Waals surface area contributed by atoms with Crippen LogP contribution in [-0.2, 0) is 14.3 Å². The van der Waals surface area contributed by atoms with Gasteiger partial charge in [0, 0.05) is 0 Å². The van der Waals surface area contributed by atoms with Crippen LogP contribution in [0.2, 0.25) is 0 Å². The minimum absolute atomic E-state index is 0.443. The molecule has 104 valence electrons. The summed E-state index contributed by atoms with van der Waals surface area (Å²) >= 11 is 0. The summed E-state index contributed by atoms with van der Waals surface area (Å²) in [5, 5.41) is 0. The topological polar surface area (TPSA) is 43.4 Å². The molecule has 3 nitrogen and oxygen atoms in total. The Morgan fingerprint density at radius 3 is 1.95 bits per heavy atom. The molecule has 2 atom stereocenters. The van der Waals surface area contributed by atoms with Crippen LogP contribution in [0, 0.1) is 11.8 Å². The van der Waals surface area contributed by atoms with Crippen LogP contribution in [0.1, 0.15) is 41.5 Å². The summed E-state index contributed by atoms with van der Waals surface area (Å²) in [6.45, 7) is 11.7. The van der Waals surface area contributed by atoms with Gasteiger partial charge in [-0.25, -0.2) is 0 Å². The number of cyclic esters (lactones) is 2. The lowest BCUT2D eigenvalue weighted by atomic mass is 9.84. The van der Waals surface area contributed by atoms with E-state index in [1.165, 1.54) is 0 Å². The van der Waals surface area contributed by atoms with Gasteiger partial charge in [0.05, 0.1) is 11.8 Å². The highest BCUT2D eigenvalue weighted by atomic mass is 16.6. The fraction of sp³-hybridized carbons (Fsp3) is 0.500. The molecule has 1 heterocycles. The van der Waals surface area contributed by atoms with Crippen molar-refractivity contribution in [2.75, 3.05) is 0 Å². The molecule has 19 heavy (non-hydrogen) atoms. The first-order valence-electron chi connectivity index (χ1n) is 6.47. The summed E-state index contributed by atoms with van der Waals surface area (Å²) < 4.78 is 4.81. The van der Waals surface area contributed by atoms with Crippen LogP contribution in [0.15, 0.2) is 34.4 Å². The normalized spacial score (nSPS) is 21.8. The van der Waals surface area contributed by atoms with Crippen LogP contribution in [0.3, 0.4) is 0 Å². The average Bonchev–Trinajstić information content (AvgIpc) is 2.49. The molecule has 0 N–H and O–H groups in total. The van der Waals surface area contributed by atoms with Crippen LogP contribution >= 0.6 is 0 Å². The van der Waals surface area contributed by atoms with E-state index in [2.05, 4.69) is 0 Å². The van der Waals surface area contributed by atoms with Crippen LogP contribution in [-0.4, -0.2) is 11.9 Å². The zero-order valence-corrected chi connectivity index (χ0v) is 12.5. The van der Waals surface area contributed by atoms with Gasteiger partial charge in [-0.1, -0.05) is 28.9 Å². The Balaban J connectivity index is 3.31. The number of allylic oxidation sites excluding steroid dienone is 4. The maximum atomic E-state index is 12.0. The van der Waals surface area contributed by atoms with Gasteiger partial charge in [-0.3, -0.25) is 9.59 Å². The number of ether oxygens (including phenoxy) is 1. The summed E-state index contributed by atoms with van der Waals surface area (Å²) in [5.41, 5.74) is 4.02. The molecule has 1 aliphatic heterocycles. The molecule has 0 aromatic heterocycles. The molecule has 0 bridgehead atoms. The SMILES string of the molecule is CC(C)=CC(=C(C)C)[C@H]1C(=O)OC(=O)[C@H]1C=C(C)C. The lowest BCUT2D eigenvalue weighted by Crippen LogP contribution is -2.19. The highest BCUT2D eigenvalue weighted by Crippen LogP contribution is 2.34. The Bertz CT molecular complexity index is 480. The van der Waals surface area contributed by atoms with E-state index in [1.54, 1.807) is 0 Å². The molecule has 0 spiro atoms. The summed E-state index contributed by atoms with van der Waals surface area (Å²) in [4.78, 5) is 23.8. The average molecular weight is 262 g/mol. The van der Waals surface area contributed by atoms with E-state index in [0.717, 1.165) is 22.3 Å². The van der Waals surface area contributed by atoms with Crippen molar-refractivity contribution in [1.82, 2.24) is 0 Å². The van der Waals surface area contributed by atoms with Crippen molar-refractivity contribution in [3.05, 3.63) is 34.4 Å². The molecule has 1 rings (SSSR count). The smallest absolute Gasteiger partial charge is 0.322 e. The Morgan fingerprint density at radius 1 is 0.947 bits per heavy atom. The zero-order valence-electron chi connectivity index (χ0n) is 12.5. The van der Waals surface area contributed by atoms with Crippen LogP contribution in [0.25, 0.3) is 0 Å². The predicted octanol–water partition coefficient (Wildman–Crippen LogP) is 3.57. The summed E-state index contributed by atoms with van der Waals surface area (Å²) in [5.74, 6) is -1.90. The highest BCUT2D eigenvalue weighted by Gasteiger charge is 2.44. The Labute approximate surface area is 115 Å². The number of hydrogen-bond donors (Lipinski definition) is 0. The Kier molecular flexibility index (Phi) is 4.87. The molecule has 1 saturated heterocycles. The van der Waals surface area contributed by atoms with Crippen molar-refractivity contribution in [3.63, 3.8) is 0 Å². The monoisotopic (exact) mass is 262 g/mol. The highest BCUT2D eigenvalue weighted by molar-refractivity contribution is 5.99. The van der Waals surface area contributed by atoms with Crippen molar-refractivity contribution >= 4 is 11.9 Å². The minimum atomic E-state index is -0.512. The molecule has 0 aromatic carbocycles.